The van der Waals surface area contributed by atoms with Gasteiger partial charge in [-0.3, -0.25) is 4.55 Å². The van der Waals surface area contributed by atoms with E-state index < -0.39 is 15.4 Å². The summed E-state index contributed by atoms with van der Waals surface area (Å²) in [5, 5.41) is 7.94. The van der Waals surface area contributed by atoms with Gasteiger partial charge in [0.1, 0.15) is 0 Å². The summed E-state index contributed by atoms with van der Waals surface area (Å²) in [6.07, 6.45) is 5.08. The van der Waals surface area contributed by atoms with E-state index in [1.54, 1.807) is 0 Å². The molecule has 92 valence electrons. The van der Waals surface area contributed by atoms with E-state index in [2.05, 4.69) is 0 Å². The molecule has 0 saturated carbocycles. The highest BCUT2D eigenvalue weighted by molar-refractivity contribution is 7.86. The number of hydrogen-bond donors (Lipinski definition) is 2. The Morgan fingerprint density at radius 3 is 2.00 bits per heavy atom. The molecule has 2 N–H and O–H groups in total. The van der Waals surface area contributed by atoms with Gasteiger partial charge < -0.3 is 5.11 Å². The van der Waals surface area contributed by atoms with Crippen molar-refractivity contribution in [3.63, 3.8) is 0 Å². The fourth-order valence-corrected chi connectivity index (χ4v) is 2.48. The second kappa shape index (κ2) is 8.07. The molecule has 0 aliphatic rings. The summed E-state index contributed by atoms with van der Waals surface area (Å²) in [6, 6.07) is 0. The third-order valence-corrected chi connectivity index (χ3v) is 3.80. The lowest BCUT2D eigenvalue weighted by molar-refractivity contribution is 0.282. The van der Waals surface area contributed by atoms with E-state index in [1.165, 1.54) is 0 Å². The van der Waals surface area contributed by atoms with E-state index in [0.29, 0.717) is 25.7 Å². The molecule has 0 aromatic rings. The predicted molar refractivity (Wildman–Crippen MR) is 60.4 cm³/mol. The van der Waals surface area contributed by atoms with Crippen LogP contribution in [0.4, 0.5) is 0 Å². The molecular formula is C10H22O4S. The van der Waals surface area contributed by atoms with Gasteiger partial charge in [0, 0.05) is 6.61 Å². The minimum Gasteiger partial charge on any atom is -0.396 e. The summed E-state index contributed by atoms with van der Waals surface area (Å²) < 4.78 is 31.0. The monoisotopic (exact) mass is 238 g/mol. The Balaban J connectivity index is 3.97. The van der Waals surface area contributed by atoms with Gasteiger partial charge in [0.05, 0.1) is 5.25 Å². The van der Waals surface area contributed by atoms with Crippen LogP contribution < -0.4 is 0 Å². The van der Waals surface area contributed by atoms with Crippen molar-refractivity contribution in [2.75, 3.05) is 6.61 Å². The lowest BCUT2D eigenvalue weighted by Crippen LogP contribution is -2.20. The maximum atomic E-state index is 11.0. The quantitative estimate of drug-likeness (QED) is 0.476. The average Bonchev–Trinajstić information content (AvgIpc) is 2.14. The third-order valence-electron chi connectivity index (χ3n) is 2.49. The van der Waals surface area contributed by atoms with E-state index in [9.17, 15) is 8.42 Å². The van der Waals surface area contributed by atoms with E-state index in [0.717, 1.165) is 19.3 Å². The molecule has 15 heavy (non-hydrogen) atoms. The normalized spacial score (nSPS) is 14.1. The van der Waals surface area contributed by atoms with E-state index in [-0.39, 0.29) is 6.61 Å². The third kappa shape index (κ3) is 7.76. The molecule has 0 aliphatic carbocycles. The van der Waals surface area contributed by atoms with Crippen molar-refractivity contribution in [1.82, 2.24) is 0 Å². The lowest BCUT2D eigenvalue weighted by atomic mass is 10.1. The molecule has 5 heteroatoms. The first-order chi connectivity index (χ1) is 7.02. The summed E-state index contributed by atoms with van der Waals surface area (Å²) in [5.74, 6) is 0. The average molecular weight is 238 g/mol. The van der Waals surface area contributed by atoms with Crippen LogP contribution in [0.2, 0.25) is 0 Å². The Morgan fingerprint density at radius 2 is 1.60 bits per heavy atom. The Labute approximate surface area is 92.4 Å². The first-order valence-corrected chi connectivity index (χ1v) is 7.09. The van der Waals surface area contributed by atoms with Crippen LogP contribution in [0.3, 0.4) is 0 Å². The van der Waals surface area contributed by atoms with Gasteiger partial charge >= 0.3 is 0 Å². The standard InChI is InChI=1S/C10H22O4S/c1-2-3-4-7-10(15(12,13)14)8-5-6-9-11/h10-11H,2-9H2,1H3,(H,12,13,14). The Morgan fingerprint density at radius 1 is 1.07 bits per heavy atom. The van der Waals surface area contributed by atoms with E-state index >= 15 is 0 Å². The summed E-state index contributed by atoms with van der Waals surface area (Å²) in [4.78, 5) is 0. The van der Waals surface area contributed by atoms with Crippen molar-refractivity contribution in [1.29, 1.82) is 0 Å². The molecule has 1 atom stereocenters. The summed E-state index contributed by atoms with van der Waals surface area (Å²) >= 11 is 0. The molecule has 0 aliphatic heterocycles. The van der Waals surface area contributed by atoms with Crippen molar-refractivity contribution in [3.05, 3.63) is 0 Å². The van der Waals surface area contributed by atoms with Gasteiger partial charge in [-0.2, -0.15) is 8.42 Å². The number of rotatable bonds is 9. The van der Waals surface area contributed by atoms with Crippen LogP contribution in [0.15, 0.2) is 0 Å². The molecule has 1 unspecified atom stereocenters. The van der Waals surface area contributed by atoms with Crippen LogP contribution in [0.25, 0.3) is 0 Å². The zero-order chi connectivity index (χ0) is 11.7. The highest BCUT2D eigenvalue weighted by Crippen LogP contribution is 2.16. The first kappa shape index (κ1) is 14.9. The number of aliphatic hydroxyl groups is 1. The Hall–Kier alpha value is -0.130. The van der Waals surface area contributed by atoms with Gasteiger partial charge in [0.15, 0.2) is 0 Å². The molecule has 0 bridgehead atoms. The van der Waals surface area contributed by atoms with Gasteiger partial charge in [-0.25, -0.2) is 0 Å². The fraction of sp³-hybridized carbons (Fsp3) is 1.00. The van der Waals surface area contributed by atoms with Crippen LogP contribution in [0.5, 0.6) is 0 Å². The summed E-state index contributed by atoms with van der Waals surface area (Å²) in [6.45, 7) is 2.13. The zero-order valence-electron chi connectivity index (χ0n) is 9.35. The molecule has 0 radical (unpaired) electrons. The van der Waals surface area contributed by atoms with E-state index in [1.807, 2.05) is 6.92 Å². The molecular weight excluding hydrogens is 216 g/mol. The topological polar surface area (TPSA) is 74.6 Å². The Bertz CT molecular complexity index is 226. The molecule has 0 aromatic carbocycles. The number of aliphatic hydroxyl groups excluding tert-OH is 1. The van der Waals surface area contributed by atoms with Crippen LogP contribution in [0, 0.1) is 0 Å². The van der Waals surface area contributed by atoms with Crippen LogP contribution in [0.1, 0.15) is 51.9 Å². The van der Waals surface area contributed by atoms with Crippen LogP contribution in [-0.4, -0.2) is 29.9 Å². The van der Waals surface area contributed by atoms with E-state index in [4.69, 9.17) is 9.66 Å². The van der Waals surface area contributed by atoms with Gasteiger partial charge in [-0.1, -0.05) is 26.2 Å². The number of hydrogen-bond acceptors (Lipinski definition) is 3. The summed E-state index contributed by atoms with van der Waals surface area (Å²) in [7, 11) is -3.91. The molecule has 0 spiro atoms. The van der Waals surface area contributed by atoms with Crippen molar-refractivity contribution in [2.45, 2.75) is 57.1 Å². The number of unbranched alkanes of at least 4 members (excludes halogenated alkanes) is 3. The first-order valence-electron chi connectivity index (χ1n) is 5.59. The second-order valence-corrected chi connectivity index (χ2v) is 5.55. The second-order valence-electron chi connectivity index (χ2n) is 3.85. The van der Waals surface area contributed by atoms with Crippen molar-refractivity contribution >= 4 is 10.1 Å². The smallest absolute Gasteiger partial charge is 0.267 e. The molecule has 0 amide bonds. The largest absolute Gasteiger partial charge is 0.396 e. The van der Waals surface area contributed by atoms with Gasteiger partial charge in [0.2, 0.25) is 0 Å². The maximum absolute atomic E-state index is 11.0. The van der Waals surface area contributed by atoms with Crippen LogP contribution >= 0.6 is 0 Å². The molecule has 0 rings (SSSR count). The molecule has 0 heterocycles. The molecule has 4 nitrogen and oxygen atoms in total. The van der Waals surface area contributed by atoms with Gasteiger partial charge in [-0.15, -0.1) is 0 Å². The SMILES string of the molecule is CCCCCC(CCCCO)S(=O)(=O)O. The molecule has 0 aromatic heterocycles. The molecule has 0 fully saturated rings. The van der Waals surface area contributed by atoms with Crippen molar-refractivity contribution in [3.8, 4) is 0 Å². The Kier molecular flexibility index (Phi) is 8.00. The highest BCUT2D eigenvalue weighted by Gasteiger charge is 2.21. The van der Waals surface area contributed by atoms with Crippen molar-refractivity contribution in [2.24, 2.45) is 0 Å². The summed E-state index contributed by atoms with van der Waals surface area (Å²) in [5.41, 5.74) is 0. The predicted octanol–water partition coefficient (Wildman–Crippen LogP) is 1.99. The maximum Gasteiger partial charge on any atom is 0.267 e. The van der Waals surface area contributed by atoms with Crippen molar-refractivity contribution < 1.29 is 18.1 Å². The highest BCUT2D eigenvalue weighted by atomic mass is 32.2. The minimum absolute atomic E-state index is 0.0765. The molecule has 0 saturated heterocycles. The fourth-order valence-electron chi connectivity index (χ4n) is 1.55. The van der Waals surface area contributed by atoms with Crippen LogP contribution in [-0.2, 0) is 10.1 Å². The van der Waals surface area contributed by atoms with Gasteiger partial charge in [0.25, 0.3) is 10.1 Å². The zero-order valence-corrected chi connectivity index (χ0v) is 10.2. The lowest BCUT2D eigenvalue weighted by Gasteiger charge is -2.12. The minimum atomic E-state index is -3.91. The van der Waals surface area contributed by atoms with Gasteiger partial charge in [-0.05, 0) is 25.7 Å².